The summed E-state index contributed by atoms with van der Waals surface area (Å²) in [6, 6.07) is 0. The molecule has 0 amide bonds. The van der Waals surface area contributed by atoms with Gasteiger partial charge in [-0.25, -0.2) is 0 Å². The molecule has 0 atom stereocenters. The van der Waals surface area contributed by atoms with Crippen molar-refractivity contribution in [3.63, 3.8) is 0 Å². The van der Waals surface area contributed by atoms with Crippen LogP contribution in [0.3, 0.4) is 0 Å². The Labute approximate surface area is 142 Å². The molecule has 24 heavy (non-hydrogen) atoms. The fourth-order valence-corrected chi connectivity index (χ4v) is 3.36. The molecular weight excluding hydrogens is 300 g/mol. The minimum absolute atomic E-state index is 0.152. The molecule has 3 rings (SSSR count). The Morgan fingerprint density at radius 2 is 1.38 bits per heavy atom. The second-order valence-corrected chi connectivity index (χ2v) is 6.87. The van der Waals surface area contributed by atoms with Gasteiger partial charge in [-0.05, 0) is 44.8 Å². The summed E-state index contributed by atoms with van der Waals surface area (Å²) in [7, 11) is 3.80. The van der Waals surface area contributed by atoms with Crippen LogP contribution in [0, 0.1) is 19.8 Å². The molecule has 1 fully saturated rings. The van der Waals surface area contributed by atoms with E-state index in [1.807, 2.05) is 52.5 Å². The van der Waals surface area contributed by atoms with Crippen LogP contribution in [-0.4, -0.2) is 25.3 Å². The average molecular weight is 324 g/mol. The third-order valence-corrected chi connectivity index (χ3v) is 4.48. The van der Waals surface area contributed by atoms with Crippen LogP contribution in [0.25, 0.3) is 12.2 Å². The number of carbonyl (C=O) groups excluding carboxylic acids is 1. The molecular formula is C19H24N4O. The lowest BCUT2D eigenvalue weighted by atomic mass is 9.81. The molecule has 0 aliphatic heterocycles. The predicted molar refractivity (Wildman–Crippen MR) is 95.2 cm³/mol. The molecule has 126 valence electrons. The van der Waals surface area contributed by atoms with Crippen molar-refractivity contribution in [2.24, 2.45) is 20.0 Å². The van der Waals surface area contributed by atoms with Gasteiger partial charge in [0, 0.05) is 48.8 Å². The number of allylic oxidation sites excluding steroid dienone is 2. The Hall–Kier alpha value is -2.43. The van der Waals surface area contributed by atoms with Crippen molar-refractivity contribution in [3.8, 4) is 0 Å². The lowest BCUT2D eigenvalue weighted by molar-refractivity contribution is -0.113. The number of Topliss-reactive ketones (excluding diaryl/α,β-unsaturated/α-hetero) is 1. The summed E-state index contributed by atoms with van der Waals surface area (Å²) in [4.78, 5) is 12.9. The zero-order valence-corrected chi connectivity index (χ0v) is 15.0. The Bertz CT molecular complexity index is 783. The van der Waals surface area contributed by atoms with Crippen LogP contribution in [-0.2, 0) is 18.9 Å². The maximum absolute atomic E-state index is 12.9. The van der Waals surface area contributed by atoms with Crippen LogP contribution in [0.15, 0.2) is 23.5 Å². The largest absolute Gasteiger partial charge is 0.289 e. The Balaban J connectivity index is 1.97. The quantitative estimate of drug-likeness (QED) is 0.797. The van der Waals surface area contributed by atoms with Crippen LogP contribution in [0.2, 0.25) is 0 Å². The first kappa shape index (κ1) is 16.4. The van der Waals surface area contributed by atoms with Crippen LogP contribution in [0.5, 0.6) is 0 Å². The lowest BCUT2D eigenvalue weighted by Crippen LogP contribution is -2.18. The normalized spacial score (nSPS) is 21.9. The minimum Gasteiger partial charge on any atom is -0.289 e. The van der Waals surface area contributed by atoms with Gasteiger partial charge >= 0.3 is 0 Å². The summed E-state index contributed by atoms with van der Waals surface area (Å²) >= 11 is 0. The highest BCUT2D eigenvalue weighted by Gasteiger charge is 2.26. The third-order valence-electron chi connectivity index (χ3n) is 4.48. The molecule has 5 nitrogen and oxygen atoms in total. The first-order valence-corrected chi connectivity index (χ1v) is 8.30. The molecule has 0 radical (unpaired) electrons. The zero-order chi connectivity index (χ0) is 17.4. The monoisotopic (exact) mass is 324 g/mol. The second-order valence-electron chi connectivity index (χ2n) is 6.87. The van der Waals surface area contributed by atoms with Crippen molar-refractivity contribution < 1.29 is 4.79 Å². The highest BCUT2D eigenvalue weighted by atomic mass is 16.1. The molecule has 0 saturated heterocycles. The van der Waals surface area contributed by atoms with Crippen LogP contribution in [0.4, 0.5) is 0 Å². The van der Waals surface area contributed by atoms with Gasteiger partial charge in [-0.2, -0.15) is 10.2 Å². The summed E-state index contributed by atoms with van der Waals surface area (Å²) in [5.41, 5.74) is 5.68. The Morgan fingerprint density at radius 1 is 0.958 bits per heavy atom. The molecule has 5 heteroatoms. The number of hydrogen-bond acceptors (Lipinski definition) is 3. The number of rotatable bonds is 2. The molecule has 0 spiro atoms. The van der Waals surface area contributed by atoms with Crippen molar-refractivity contribution in [1.82, 2.24) is 19.6 Å². The summed E-state index contributed by atoms with van der Waals surface area (Å²) in [6.45, 7) is 6.14. The van der Waals surface area contributed by atoms with E-state index in [4.69, 9.17) is 0 Å². The molecule has 1 aliphatic rings. The van der Waals surface area contributed by atoms with E-state index >= 15 is 0 Å². The van der Waals surface area contributed by atoms with Gasteiger partial charge in [0.2, 0.25) is 0 Å². The summed E-state index contributed by atoms with van der Waals surface area (Å²) in [6.07, 6.45) is 9.56. The molecule has 2 heterocycles. The molecule has 2 aromatic rings. The van der Waals surface area contributed by atoms with Crippen molar-refractivity contribution in [3.05, 3.63) is 46.1 Å². The number of aromatic nitrogens is 4. The second kappa shape index (κ2) is 6.23. The highest BCUT2D eigenvalue weighted by molar-refractivity contribution is 6.14. The van der Waals surface area contributed by atoms with E-state index in [-0.39, 0.29) is 5.78 Å². The molecule has 0 N–H and O–H groups in total. The Kier molecular flexibility index (Phi) is 4.26. The molecule has 0 bridgehead atoms. The SMILES string of the molecule is Cc1nn(C)cc1C=C1CC(C)CC(=Cc2cn(C)nc2C)C1=O. The number of carbonyl (C=O) groups is 1. The molecule has 1 saturated carbocycles. The van der Waals surface area contributed by atoms with Gasteiger partial charge in [0.05, 0.1) is 11.4 Å². The number of aryl methyl sites for hydroxylation is 4. The van der Waals surface area contributed by atoms with E-state index in [0.717, 1.165) is 46.5 Å². The van der Waals surface area contributed by atoms with E-state index in [2.05, 4.69) is 17.1 Å². The predicted octanol–water partition coefficient (Wildman–Crippen LogP) is 3.24. The van der Waals surface area contributed by atoms with Gasteiger partial charge < -0.3 is 0 Å². The standard InChI is InChI=1S/C19H24N4O/c1-12-6-15(8-17-10-22(4)20-13(17)2)19(24)16(7-12)9-18-11-23(5)21-14(18)3/h8-12H,6-7H2,1-5H3. The van der Waals surface area contributed by atoms with E-state index in [1.54, 1.807) is 9.36 Å². The third kappa shape index (κ3) is 3.25. The Morgan fingerprint density at radius 3 is 1.71 bits per heavy atom. The zero-order valence-electron chi connectivity index (χ0n) is 15.0. The van der Waals surface area contributed by atoms with Gasteiger partial charge in [-0.1, -0.05) is 6.92 Å². The maximum Gasteiger partial charge on any atom is 0.185 e. The average Bonchev–Trinajstić information content (AvgIpc) is 2.96. The van der Waals surface area contributed by atoms with Crippen LogP contribution in [0.1, 0.15) is 42.3 Å². The highest BCUT2D eigenvalue weighted by Crippen LogP contribution is 2.32. The molecule has 0 aromatic carbocycles. The lowest BCUT2D eigenvalue weighted by Gasteiger charge is -2.22. The fourth-order valence-electron chi connectivity index (χ4n) is 3.36. The van der Waals surface area contributed by atoms with Gasteiger partial charge in [-0.3, -0.25) is 14.2 Å². The first-order valence-electron chi connectivity index (χ1n) is 8.30. The minimum atomic E-state index is 0.152. The fraction of sp³-hybridized carbons (Fsp3) is 0.421. The topological polar surface area (TPSA) is 52.7 Å². The first-order chi connectivity index (χ1) is 11.3. The van der Waals surface area contributed by atoms with Crippen LogP contribution >= 0.6 is 0 Å². The summed E-state index contributed by atoms with van der Waals surface area (Å²) in [5.74, 6) is 0.605. The van der Waals surface area contributed by atoms with Crippen LogP contribution < -0.4 is 0 Å². The smallest absolute Gasteiger partial charge is 0.185 e. The van der Waals surface area contributed by atoms with Crippen molar-refractivity contribution in [2.75, 3.05) is 0 Å². The van der Waals surface area contributed by atoms with Gasteiger partial charge in [0.25, 0.3) is 0 Å². The van der Waals surface area contributed by atoms with E-state index < -0.39 is 0 Å². The number of ketones is 1. The maximum atomic E-state index is 12.9. The number of nitrogens with zero attached hydrogens (tertiary/aromatic N) is 4. The summed E-state index contributed by atoms with van der Waals surface area (Å²) < 4.78 is 3.57. The molecule has 0 unspecified atom stereocenters. The molecule has 2 aromatic heterocycles. The van der Waals surface area contributed by atoms with E-state index in [9.17, 15) is 4.79 Å². The van der Waals surface area contributed by atoms with Gasteiger partial charge in [-0.15, -0.1) is 0 Å². The van der Waals surface area contributed by atoms with Crippen molar-refractivity contribution in [1.29, 1.82) is 0 Å². The van der Waals surface area contributed by atoms with Gasteiger partial charge in [0.15, 0.2) is 5.78 Å². The van der Waals surface area contributed by atoms with Crippen molar-refractivity contribution in [2.45, 2.75) is 33.6 Å². The van der Waals surface area contributed by atoms with Gasteiger partial charge in [0.1, 0.15) is 0 Å². The van der Waals surface area contributed by atoms with Crippen molar-refractivity contribution >= 4 is 17.9 Å². The molecule has 1 aliphatic carbocycles. The number of hydrogen-bond donors (Lipinski definition) is 0. The van der Waals surface area contributed by atoms with E-state index in [0.29, 0.717) is 5.92 Å². The van der Waals surface area contributed by atoms with E-state index in [1.165, 1.54) is 0 Å². The summed E-state index contributed by atoms with van der Waals surface area (Å²) in [5, 5.41) is 8.71.